The highest BCUT2D eigenvalue weighted by molar-refractivity contribution is 7.98. The SMILES string of the molecule is CSc1nccn1Cc1sc2c(c1C(=O)O)c(=O)n(C)c(=O)n2CC(C)C. The molecule has 144 valence electrons. The summed E-state index contributed by atoms with van der Waals surface area (Å²) < 4.78 is 4.32. The summed E-state index contributed by atoms with van der Waals surface area (Å²) in [6.45, 7) is 4.61. The van der Waals surface area contributed by atoms with E-state index in [9.17, 15) is 19.5 Å². The van der Waals surface area contributed by atoms with Gasteiger partial charge in [-0.1, -0.05) is 25.6 Å². The summed E-state index contributed by atoms with van der Waals surface area (Å²) in [6, 6.07) is 0. The number of carboxylic acids is 1. The Morgan fingerprint density at radius 2 is 2.07 bits per heavy atom. The summed E-state index contributed by atoms with van der Waals surface area (Å²) in [5.41, 5.74) is -1.04. The third kappa shape index (κ3) is 3.34. The molecule has 0 bridgehead atoms. The third-order valence-corrected chi connectivity index (χ3v) is 6.08. The summed E-state index contributed by atoms with van der Waals surface area (Å²) in [7, 11) is 1.38. The van der Waals surface area contributed by atoms with Gasteiger partial charge in [-0.2, -0.15) is 0 Å². The van der Waals surface area contributed by atoms with Gasteiger partial charge < -0.3 is 9.67 Å². The fourth-order valence-electron chi connectivity index (χ4n) is 3.00. The molecule has 3 heterocycles. The molecule has 0 saturated carbocycles. The number of imidazole rings is 1. The maximum Gasteiger partial charge on any atom is 0.337 e. The fraction of sp³-hybridized carbons (Fsp3) is 0.412. The normalized spacial score (nSPS) is 11.6. The van der Waals surface area contributed by atoms with E-state index in [1.54, 1.807) is 12.4 Å². The molecule has 3 aromatic heterocycles. The molecule has 0 radical (unpaired) electrons. The number of hydrogen-bond donors (Lipinski definition) is 1. The van der Waals surface area contributed by atoms with Crippen LogP contribution in [-0.4, -0.2) is 36.0 Å². The molecular formula is C17H20N4O4S2. The molecule has 0 spiro atoms. The smallest absolute Gasteiger partial charge is 0.337 e. The highest BCUT2D eigenvalue weighted by Gasteiger charge is 2.25. The molecule has 0 atom stereocenters. The van der Waals surface area contributed by atoms with Crippen LogP contribution in [0.4, 0.5) is 0 Å². The van der Waals surface area contributed by atoms with Crippen LogP contribution in [0.15, 0.2) is 27.1 Å². The molecular weight excluding hydrogens is 388 g/mol. The molecule has 0 aliphatic rings. The minimum Gasteiger partial charge on any atom is -0.478 e. The average molecular weight is 409 g/mol. The van der Waals surface area contributed by atoms with Crippen LogP contribution in [-0.2, 0) is 20.1 Å². The van der Waals surface area contributed by atoms with Crippen LogP contribution in [0.2, 0.25) is 0 Å². The first-order valence-corrected chi connectivity index (χ1v) is 10.3. The molecule has 0 saturated heterocycles. The van der Waals surface area contributed by atoms with Crippen molar-refractivity contribution in [2.75, 3.05) is 6.26 Å². The number of hydrogen-bond acceptors (Lipinski definition) is 6. The average Bonchev–Trinajstić information content (AvgIpc) is 3.21. The van der Waals surface area contributed by atoms with E-state index in [4.69, 9.17) is 0 Å². The zero-order chi connectivity index (χ0) is 19.9. The molecule has 0 unspecified atom stereocenters. The minimum atomic E-state index is -1.17. The molecule has 27 heavy (non-hydrogen) atoms. The van der Waals surface area contributed by atoms with Gasteiger partial charge in [0, 0.05) is 30.9 Å². The number of carbonyl (C=O) groups is 1. The largest absolute Gasteiger partial charge is 0.478 e. The second-order valence-electron chi connectivity index (χ2n) is 6.58. The van der Waals surface area contributed by atoms with Crippen molar-refractivity contribution in [3.63, 3.8) is 0 Å². The van der Waals surface area contributed by atoms with E-state index in [2.05, 4.69) is 4.98 Å². The van der Waals surface area contributed by atoms with E-state index >= 15 is 0 Å². The Bertz CT molecular complexity index is 1140. The lowest BCUT2D eigenvalue weighted by Crippen LogP contribution is -2.38. The standard InChI is InChI=1S/C17H20N4O4S2/c1-9(2)7-21-14-12(13(22)19(3)17(21)25)11(15(23)24)10(27-14)8-20-6-5-18-16(20)26-4/h5-6,9H,7-8H2,1-4H3,(H,23,24). The Labute approximate surface area is 163 Å². The first-order valence-electron chi connectivity index (χ1n) is 8.29. The zero-order valence-corrected chi connectivity index (χ0v) is 17.1. The molecule has 8 nitrogen and oxygen atoms in total. The van der Waals surface area contributed by atoms with Crippen LogP contribution < -0.4 is 11.2 Å². The Morgan fingerprint density at radius 3 is 2.67 bits per heavy atom. The Kier molecular flexibility index (Phi) is 5.29. The number of fused-ring (bicyclic) bond motifs is 1. The molecule has 3 aromatic rings. The Morgan fingerprint density at radius 1 is 1.37 bits per heavy atom. The first kappa shape index (κ1) is 19.4. The number of nitrogens with zero attached hydrogens (tertiary/aromatic N) is 4. The van der Waals surface area contributed by atoms with Gasteiger partial charge in [0.25, 0.3) is 5.56 Å². The van der Waals surface area contributed by atoms with Gasteiger partial charge in [-0.05, 0) is 12.2 Å². The first-order chi connectivity index (χ1) is 12.8. The summed E-state index contributed by atoms with van der Waals surface area (Å²) in [5, 5.41) is 10.6. The van der Waals surface area contributed by atoms with Gasteiger partial charge in [0.2, 0.25) is 0 Å². The number of rotatable bonds is 6. The Hall–Kier alpha value is -2.33. The van der Waals surface area contributed by atoms with E-state index in [1.165, 1.54) is 34.7 Å². The molecule has 3 rings (SSSR count). The van der Waals surface area contributed by atoms with Crippen LogP contribution in [0.3, 0.4) is 0 Å². The van der Waals surface area contributed by atoms with Gasteiger partial charge in [-0.3, -0.25) is 13.9 Å². The second kappa shape index (κ2) is 7.35. The van der Waals surface area contributed by atoms with Crippen LogP contribution in [0.25, 0.3) is 10.2 Å². The molecule has 0 aromatic carbocycles. The van der Waals surface area contributed by atoms with Crippen molar-refractivity contribution in [3.05, 3.63) is 43.7 Å². The molecule has 0 aliphatic heterocycles. The van der Waals surface area contributed by atoms with E-state index in [0.29, 0.717) is 16.3 Å². The quantitative estimate of drug-likeness (QED) is 0.627. The summed E-state index contributed by atoms with van der Waals surface area (Å²) >= 11 is 2.64. The summed E-state index contributed by atoms with van der Waals surface area (Å²) in [6.07, 6.45) is 5.30. The molecule has 1 N–H and O–H groups in total. The van der Waals surface area contributed by atoms with Crippen LogP contribution in [0.5, 0.6) is 0 Å². The van der Waals surface area contributed by atoms with Crippen molar-refractivity contribution in [3.8, 4) is 0 Å². The number of aromatic carboxylic acids is 1. The van der Waals surface area contributed by atoms with Crippen LogP contribution in [0, 0.1) is 5.92 Å². The Balaban J connectivity index is 2.34. The molecule has 0 amide bonds. The van der Waals surface area contributed by atoms with Gasteiger partial charge >= 0.3 is 11.7 Å². The van der Waals surface area contributed by atoms with Gasteiger partial charge in [0.1, 0.15) is 4.83 Å². The number of aromatic nitrogens is 4. The van der Waals surface area contributed by atoms with Gasteiger partial charge in [0.05, 0.1) is 17.5 Å². The lowest BCUT2D eigenvalue weighted by Gasteiger charge is -2.11. The van der Waals surface area contributed by atoms with E-state index in [0.717, 1.165) is 9.72 Å². The van der Waals surface area contributed by atoms with Crippen LogP contribution in [0.1, 0.15) is 29.1 Å². The second-order valence-corrected chi connectivity index (χ2v) is 8.44. The van der Waals surface area contributed by atoms with Crippen molar-refractivity contribution < 1.29 is 9.90 Å². The zero-order valence-electron chi connectivity index (χ0n) is 15.4. The fourth-order valence-corrected chi connectivity index (χ4v) is 4.81. The van der Waals surface area contributed by atoms with Crippen molar-refractivity contribution in [1.29, 1.82) is 0 Å². The predicted molar refractivity (Wildman–Crippen MR) is 106 cm³/mol. The maximum atomic E-state index is 12.7. The molecule has 10 heteroatoms. The lowest BCUT2D eigenvalue weighted by atomic mass is 10.1. The molecule has 0 fully saturated rings. The van der Waals surface area contributed by atoms with Crippen LogP contribution >= 0.6 is 23.1 Å². The van der Waals surface area contributed by atoms with Gasteiger partial charge in [0.15, 0.2) is 5.16 Å². The predicted octanol–water partition coefficient (Wildman–Crippen LogP) is 2.08. The highest BCUT2D eigenvalue weighted by atomic mass is 32.2. The van der Waals surface area contributed by atoms with Gasteiger partial charge in [-0.25, -0.2) is 14.6 Å². The van der Waals surface area contributed by atoms with Crippen molar-refractivity contribution >= 4 is 39.3 Å². The topological polar surface area (TPSA) is 99.1 Å². The van der Waals surface area contributed by atoms with E-state index in [-0.39, 0.29) is 23.4 Å². The van der Waals surface area contributed by atoms with Crippen molar-refractivity contribution in [2.24, 2.45) is 13.0 Å². The third-order valence-electron chi connectivity index (χ3n) is 4.18. The highest BCUT2D eigenvalue weighted by Crippen LogP contribution is 2.30. The van der Waals surface area contributed by atoms with E-state index < -0.39 is 17.2 Å². The number of carboxylic acid groups (broad SMARTS) is 1. The maximum absolute atomic E-state index is 12.7. The summed E-state index contributed by atoms with van der Waals surface area (Å²) in [4.78, 5) is 42.5. The lowest BCUT2D eigenvalue weighted by molar-refractivity contribution is 0.0698. The molecule has 0 aliphatic carbocycles. The monoisotopic (exact) mass is 408 g/mol. The number of thioether (sulfide) groups is 1. The van der Waals surface area contributed by atoms with E-state index in [1.807, 2.05) is 24.7 Å². The summed E-state index contributed by atoms with van der Waals surface area (Å²) in [5.74, 6) is -1.01. The van der Waals surface area contributed by atoms with Gasteiger partial charge in [-0.15, -0.1) is 11.3 Å². The minimum absolute atomic E-state index is 0.0335. The van der Waals surface area contributed by atoms with Crippen molar-refractivity contribution in [1.82, 2.24) is 18.7 Å². The van der Waals surface area contributed by atoms with Crippen molar-refractivity contribution in [2.45, 2.75) is 32.1 Å². The number of thiophene rings is 1.